The van der Waals surface area contributed by atoms with Crippen LogP contribution in [0.15, 0.2) is 114 Å². The SMILES string of the molecule is O=C(O)Cc1cccc(SCc2cccc(C(=O)Nc3ccc(N4CCCCC4)cc3-c3cc(C(=O)NCc4cccc(C(F)(F)F)c4)ccn3)c2)c1. The predicted molar refractivity (Wildman–Crippen MR) is 200 cm³/mol. The smallest absolute Gasteiger partial charge is 0.416 e. The standard InChI is InChI=1S/C41H37F3N4O4S/c42-41(43,44)32-11-5-8-28(20-32)25-46-39(51)31-15-16-45-37(23-31)35-24-33(48-17-2-1-3-18-48)13-14-36(35)47-40(52)30-10-4-9-29(19-30)26-53-34-12-6-7-27(21-34)22-38(49)50/h4-16,19-21,23-24H,1-3,17-18,22,25-26H2,(H,46,51)(H,47,52)(H,49,50). The lowest BCUT2D eigenvalue weighted by Gasteiger charge is -2.29. The fraction of sp³-hybridized carbons (Fsp3) is 0.220. The third-order valence-electron chi connectivity index (χ3n) is 8.83. The number of anilines is 2. The maximum absolute atomic E-state index is 13.7. The molecule has 2 amide bonds. The lowest BCUT2D eigenvalue weighted by Crippen LogP contribution is -2.29. The molecule has 1 aliphatic heterocycles. The Kier molecular flexibility index (Phi) is 11.8. The monoisotopic (exact) mass is 738 g/mol. The summed E-state index contributed by atoms with van der Waals surface area (Å²) >= 11 is 1.55. The van der Waals surface area contributed by atoms with E-state index < -0.39 is 23.6 Å². The maximum atomic E-state index is 13.7. The topological polar surface area (TPSA) is 112 Å². The number of benzene rings is 4. The summed E-state index contributed by atoms with van der Waals surface area (Å²) in [6.45, 7) is 1.69. The zero-order valence-corrected chi connectivity index (χ0v) is 29.5. The van der Waals surface area contributed by atoms with Gasteiger partial charge in [-0.2, -0.15) is 13.2 Å². The Balaban J connectivity index is 1.21. The molecule has 0 bridgehead atoms. The number of carbonyl (C=O) groups is 3. The second kappa shape index (κ2) is 16.8. The molecule has 6 rings (SSSR count). The van der Waals surface area contributed by atoms with Gasteiger partial charge in [-0.3, -0.25) is 19.4 Å². The van der Waals surface area contributed by atoms with Crippen LogP contribution in [0.3, 0.4) is 0 Å². The van der Waals surface area contributed by atoms with Gasteiger partial charge in [-0.05, 0) is 103 Å². The van der Waals surface area contributed by atoms with Crippen molar-refractivity contribution in [1.29, 1.82) is 0 Å². The van der Waals surface area contributed by atoms with Crippen LogP contribution in [0, 0.1) is 0 Å². The molecule has 0 aliphatic carbocycles. The number of nitrogens with one attached hydrogen (secondary N) is 2. The number of nitrogens with zero attached hydrogens (tertiary/aromatic N) is 2. The highest BCUT2D eigenvalue weighted by atomic mass is 32.2. The second-order valence-electron chi connectivity index (χ2n) is 12.7. The van der Waals surface area contributed by atoms with E-state index in [1.165, 1.54) is 24.4 Å². The number of hydrogen-bond acceptors (Lipinski definition) is 6. The lowest BCUT2D eigenvalue weighted by molar-refractivity contribution is -0.138. The Morgan fingerprint density at radius 3 is 2.30 bits per heavy atom. The first-order valence-electron chi connectivity index (χ1n) is 17.2. The zero-order chi connectivity index (χ0) is 37.4. The molecular weight excluding hydrogens is 702 g/mol. The minimum absolute atomic E-state index is 0.0542. The van der Waals surface area contributed by atoms with Crippen LogP contribution in [0.1, 0.15) is 62.2 Å². The summed E-state index contributed by atoms with van der Waals surface area (Å²) < 4.78 is 39.6. The average Bonchev–Trinajstić information content (AvgIpc) is 3.16. The average molecular weight is 739 g/mol. The minimum Gasteiger partial charge on any atom is -0.481 e. The van der Waals surface area contributed by atoms with E-state index in [0.717, 1.165) is 60.6 Å². The van der Waals surface area contributed by atoms with Crippen LogP contribution < -0.4 is 15.5 Å². The first-order chi connectivity index (χ1) is 25.5. The zero-order valence-electron chi connectivity index (χ0n) is 28.7. The van der Waals surface area contributed by atoms with Crippen molar-refractivity contribution < 1.29 is 32.7 Å². The van der Waals surface area contributed by atoms with E-state index in [-0.39, 0.29) is 24.4 Å². The summed E-state index contributed by atoms with van der Waals surface area (Å²) in [7, 11) is 0. The van der Waals surface area contributed by atoms with Crippen molar-refractivity contribution in [3.63, 3.8) is 0 Å². The third kappa shape index (κ3) is 10.0. The van der Waals surface area contributed by atoms with E-state index in [0.29, 0.717) is 39.4 Å². The molecule has 2 heterocycles. The summed E-state index contributed by atoms with van der Waals surface area (Å²) in [4.78, 5) is 45.8. The van der Waals surface area contributed by atoms with Crippen molar-refractivity contribution in [3.05, 3.63) is 143 Å². The molecule has 53 heavy (non-hydrogen) atoms. The maximum Gasteiger partial charge on any atom is 0.416 e. The fourth-order valence-corrected chi connectivity index (χ4v) is 7.07. The van der Waals surface area contributed by atoms with Gasteiger partial charge in [0.25, 0.3) is 11.8 Å². The van der Waals surface area contributed by atoms with Gasteiger partial charge in [0.05, 0.1) is 23.4 Å². The largest absolute Gasteiger partial charge is 0.481 e. The molecule has 3 N–H and O–H groups in total. The molecule has 8 nitrogen and oxygen atoms in total. The van der Waals surface area contributed by atoms with Crippen molar-refractivity contribution >= 4 is 40.9 Å². The first kappa shape index (κ1) is 37.1. The van der Waals surface area contributed by atoms with E-state index in [2.05, 4.69) is 20.5 Å². The summed E-state index contributed by atoms with van der Waals surface area (Å²) in [5.74, 6) is -1.13. The number of rotatable bonds is 12. The number of halogens is 3. The molecule has 1 aromatic heterocycles. The summed E-state index contributed by atoms with van der Waals surface area (Å²) in [5.41, 5.74) is 4.39. The highest BCUT2D eigenvalue weighted by Gasteiger charge is 2.30. The van der Waals surface area contributed by atoms with E-state index >= 15 is 0 Å². The quantitative estimate of drug-likeness (QED) is 0.110. The number of hydrogen-bond donors (Lipinski definition) is 3. The number of amides is 2. The van der Waals surface area contributed by atoms with E-state index in [4.69, 9.17) is 5.11 Å². The molecule has 0 unspecified atom stereocenters. The van der Waals surface area contributed by atoms with Crippen molar-refractivity contribution in [1.82, 2.24) is 10.3 Å². The van der Waals surface area contributed by atoms with E-state index in [1.807, 2.05) is 54.6 Å². The van der Waals surface area contributed by atoms with Crippen molar-refractivity contribution in [3.8, 4) is 11.3 Å². The van der Waals surface area contributed by atoms with Crippen LogP contribution >= 0.6 is 11.8 Å². The van der Waals surface area contributed by atoms with Crippen LogP contribution in [0.4, 0.5) is 24.5 Å². The van der Waals surface area contributed by atoms with Gasteiger partial charge in [-0.25, -0.2) is 0 Å². The third-order valence-corrected chi connectivity index (χ3v) is 9.89. The molecule has 1 aliphatic rings. The molecule has 0 spiro atoms. The van der Waals surface area contributed by atoms with Gasteiger partial charge in [0, 0.05) is 58.9 Å². The number of aliphatic carboxylic acids is 1. The Hall–Kier alpha value is -5.62. The van der Waals surface area contributed by atoms with Gasteiger partial charge in [-0.1, -0.05) is 36.4 Å². The predicted octanol–water partition coefficient (Wildman–Crippen LogP) is 8.86. The van der Waals surface area contributed by atoms with Crippen molar-refractivity contribution in [2.24, 2.45) is 0 Å². The van der Waals surface area contributed by atoms with Gasteiger partial charge in [0.2, 0.25) is 0 Å². The lowest BCUT2D eigenvalue weighted by atomic mass is 10.0. The van der Waals surface area contributed by atoms with Crippen LogP contribution in [-0.2, 0) is 29.7 Å². The number of alkyl halides is 3. The number of piperidine rings is 1. The number of carboxylic acids is 1. The highest BCUT2D eigenvalue weighted by Crippen LogP contribution is 2.34. The second-order valence-corrected chi connectivity index (χ2v) is 13.8. The van der Waals surface area contributed by atoms with Gasteiger partial charge in [0.15, 0.2) is 0 Å². The summed E-state index contributed by atoms with van der Waals surface area (Å²) in [6.07, 6.45) is 0.238. The van der Waals surface area contributed by atoms with Gasteiger partial charge in [-0.15, -0.1) is 11.8 Å². The molecule has 0 atom stereocenters. The normalized spacial score (nSPS) is 13.0. The number of thioether (sulfide) groups is 1. The minimum atomic E-state index is -4.49. The molecule has 4 aromatic carbocycles. The molecule has 1 saturated heterocycles. The van der Waals surface area contributed by atoms with Crippen molar-refractivity contribution in [2.75, 3.05) is 23.3 Å². The fourth-order valence-electron chi connectivity index (χ4n) is 6.15. The van der Waals surface area contributed by atoms with E-state index in [1.54, 1.807) is 30.0 Å². The molecule has 272 valence electrons. The number of carboxylic acid groups (broad SMARTS) is 1. The van der Waals surface area contributed by atoms with Crippen LogP contribution in [0.5, 0.6) is 0 Å². The first-order valence-corrected chi connectivity index (χ1v) is 18.1. The van der Waals surface area contributed by atoms with Gasteiger partial charge >= 0.3 is 12.1 Å². The number of carbonyl (C=O) groups excluding carboxylic acids is 2. The Bertz CT molecular complexity index is 2120. The van der Waals surface area contributed by atoms with Crippen LogP contribution in [0.2, 0.25) is 0 Å². The Morgan fingerprint density at radius 1 is 0.774 bits per heavy atom. The Morgan fingerprint density at radius 2 is 1.51 bits per heavy atom. The van der Waals surface area contributed by atoms with Gasteiger partial charge < -0.3 is 20.6 Å². The van der Waals surface area contributed by atoms with Crippen molar-refractivity contribution in [2.45, 2.75) is 49.1 Å². The molecule has 1 fully saturated rings. The van der Waals surface area contributed by atoms with Crippen LogP contribution in [0.25, 0.3) is 11.3 Å². The van der Waals surface area contributed by atoms with Gasteiger partial charge in [0.1, 0.15) is 0 Å². The molecule has 0 saturated carbocycles. The number of aromatic nitrogens is 1. The summed E-state index contributed by atoms with van der Waals surface area (Å²) in [6, 6.07) is 28.4. The molecule has 5 aromatic rings. The van der Waals surface area contributed by atoms with Crippen LogP contribution in [-0.4, -0.2) is 41.0 Å². The molecule has 0 radical (unpaired) electrons. The Labute approximate surface area is 309 Å². The molecule has 12 heteroatoms. The summed E-state index contributed by atoms with van der Waals surface area (Å²) in [5, 5.41) is 14.9. The number of pyridine rings is 1. The van der Waals surface area contributed by atoms with E-state index in [9.17, 15) is 27.6 Å². The molecular formula is C41H37F3N4O4S. The highest BCUT2D eigenvalue weighted by molar-refractivity contribution is 7.98.